The van der Waals surface area contributed by atoms with Crippen LogP contribution >= 0.6 is 0 Å². The fourth-order valence-corrected chi connectivity index (χ4v) is 2.98. The Kier molecular flexibility index (Phi) is 6.16. The van der Waals surface area contributed by atoms with Crippen molar-refractivity contribution in [3.05, 3.63) is 35.4 Å². The molecule has 1 saturated heterocycles. The first-order valence-corrected chi connectivity index (χ1v) is 8.10. The second-order valence-corrected chi connectivity index (χ2v) is 6.05. The summed E-state index contributed by atoms with van der Waals surface area (Å²) in [7, 11) is 0. The lowest BCUT2D eigenvalue weighted by Gasteiger charge is -2.17. The number of carboxylic acid groups (broad SMARTS) is 1. The van der Waals surface area contributed by atoms with Crippen molar-refractivity contribution in [3.63, 3.8) is 0 Å². The normalized spacial score (nSPS) is 17.3. The van der Waals surface area contributed by atoms with Crippen LogP contribution in [0.4, 0.5) is 0 Å². The van der Waals surface area contributed by atoms with Crippen molar-refractivity contribution in [3.8, 4) is 6.07 Å². The molecule has 1 amide bonds. The van der Waals surface area contributed by atoms with Gasteiger partial charge in [0.05, 0.1) is 11.6 Å². The smallest absolute Gasteiger partial charge is 0.303 e. The molecule has 1 aromatic rings. The van der Waals surface area contributed by atoms with Crippen molar-refractivity contribution in [2.45, 2.75) is 45.1 Å². The summed E-state index contributed by atoms with van der Waals surface area (Å²) in [5.41, 5.74) is 1.67. The fourth-order valence-electron chi connectivity index (χ4n) is 2.98. The molecule has 1 fully saturated rings. The number of likely N-dealkylation sites (tertiary alicyclic amines) is 1. The van der Waals surface area contributed by atoms with Crippen LogP contribution < -0.4 is 0 Å². The highest BCUT2D eigenvalue weighted by Gasteiger charge is 2.30. The third-order valence-electron chi connectivity index (χ3n) is 4.31. The Morgan fingerprint density at radius 1 is 1.26 bits per heavy atom. The van der Waals surface area contributed by atoms with Crippen LogP contribution in [-0.2, 0) is 16.1 Å². The predicted octanol–water partition coefficient (Wildman–Crippen LogP) is 2.94. The third kappa shape index (κ3) is 5.10. The van der Waals surface area contributed by atoms with Gasteiger partial charge in [-0.25, -0.2) is 0 Å². The predicted molar refractivity (Wildman–Crippen MR) is 85.4 cm³/mol. The minimum atomic E-state index is -0.754. The Labute approximate surface area is 136 Å². The van der Waals surface area contributed by atoms with E-state index in [1.807, 2.05) is 17.0 Å². The summed E-state index contributed by atoms with van der Waals surface area (Å²) < 4.78 is 0. The molecule has 0 radical (unpaired) electrons. The topological polar surface area (TPSA) is 81.4 Å². The Morgan fingerprint density at radius 3 is 2.65 bits per heavy atom. The molecule has 1 heterocycles. The van der Waals surface area contributed by atoms with Gasteiger partial charge in [-0.15, -0.1) is 0 Å². The first-order chi connectivity index (χ1) is 11.1. The minimum Gasteiger partial charge on any atom is -0.481 e. The molecule has 5 nitrogen and oxygen atoms in total. The summed E-state index contributed by atoms with van der Waals surface area (Å²) in [5.74, 6) is -0.471. The highest BCUT2D eigenvalue weighted by molar-refractivity contribution is 5.80. The highest BCUT2D eigenvalue weighted by Crippen LogP contribution is 2.25. The summed E-state index contributed by atoms with van der Waals surface area (Å²) in [6.07, 6.45) is 4.41. The number of benzene rings is 1. The van der Waals surface area contributed by atoms with E-state index in [1.54, 1.807) is 12.1 Å². The van der Waals surface area contributed by atoms with Gasteiger partial charge in [-0.3, -0.25) is 9.59 Å². The number of carboxylic acids is 1. The minimum absolute atomic E-state index is 0.0817. The zero-order valence-corrected chi connectivity index (χ0v) is 13.2. The third-order valence-corrected chi connectivity index (χ3v) is 4.31. The van der Waals surface area contributed by atoms with Gasteiger partial charge in [0.1, 0.15) is 0 Å². The van der Waals surface area contributed by atoms with Crippen molar-refractivity contribution < 1.29 is 14.7 Å². The largest absolute Gasteiger partial charge is 0.481 e. The Hall–Kier alpha value is -2.35. The van der Waals surface area contributed by atoms with E-state index in [0.717, 1.165) is 37.8 Å². The average Bonchev–Trinajstić information content (AvgIpc) is 2.88. The molecule has 0 bridgehead atoms. The molecular weight excluding hydrogens is 292 g/mol. The van der Waals surface area contributed by atoms with Crippen molar-refractivity contribution in [2.24, 2.45) is 5.92 Å². The SMILES string of the molecule is N#Cc1ccc(CN2CCC(CCCCCC(=O)O)C2=O)cc1. The van der Waals surface area contributed by atoms with Crippen LogP contribution in [-0.4, -0.2) is 28.4 Å². The van der Waals surface area contributed by atoms with Crippen LogP contribution in [0.1, 0.15) is 49.7 Å². The van der Waals surface area contributed by atoms with Crippen LogP contribution in [0.5, 0.6) is 0 Å². The zero-order valence-electron chi connectivity index (χ0n) is 13.2. The lowest BCUT2D eigenvalue weighted by molar-refractivity contribution is -0.137. The molecule has 1 N–H and O–H groups in total. The molecular formula is C18H22N2O3. The van der Waals surface area contributed by atoms with Gasteiger partial charge < -0.3 is 10.0 Å². The number of unbranched alkanes of at least 4 members (excludes halogenated alkanes) is 2. The number of nitriles is 1. The maximum Gasteiger partial charge on any atom is 0.303 e. The number of nitrogens with zero attached hydrogens (tertiary/aromatic N) is 2. The molecule has 23 heavy (non-hydrogen) atoms. The van der Waals surface area contributed by atoms with E-state index >= 15 is 0 Å². The Bertz CT molecular complexity index is 589. The standard InChI is InChI=1S/C18H22N2O3/c19-12-14-6-8-15(9-7-14)13-20-11-10-16(18(20)23)4-2-1-3-5-17(21)22/h6-9,16H,1-5,10-11,13H2,(H,21,22). The van der Waals surface area contributed by atoms with E-state index in [-0.39, 0.29) is 18.2 Å². The van der Waals surface area contributed by atoms with Crippen molar-refractivity contribution in [1.29, 1.82) is 5.26 Å². The van der Waals surface area contributed by atoms with Gasteiger partial charge in [0.2, 0.25) is 5.91 Å². The Balaban J connectivity index is 1.75. The van der Waals surface area contributed by atoms with E-state index in [1.165, 1.54) is 0 Å². The fraction of sp³-hybridized carbons (Fsp3) is 0.500. The first kappa shape index (κ1) is 17.0. The van der Waals surface area contributed by atoms with Gasteiger partial charge in [0.25, 0.3) is 0 Å². The van der Waals surface area contributed by atoms with Crippen LogP contribution in [0.25, 0.3) is 0 Å². The molecule has 1 aliphatic rings. The molecule has 1 aliphatic heterocycles. The molecule has 0 spiro atoms. The summed E-state index contributed by atoms with van der Waals surface area (Å²) in [6, 6.07) is 9.42. The van der Waals surface area contributed by atoms with E-state index in [9.17, 15) is 9.59 Å². The number of amides is 1. The van der Waals surface area contributed by atoms with Gasteiger partial charge >= 0.3 is 5.97 Å². The van der Waals surface area contributed by atoms with Crippen LogP contribution in [0.3, 0.4) is 0 Å². The zero-order chi connectivity index (χ0) is 16.7. The second kappa shape index (κ2) is 8.33. The van der Waals surface area contributed by atoms with Crippen molar-refractivity contribution in [2.75, 3.05) is 6.54 Å². The Morgan fingerprint density at radius 2 is 2.00 bits per heavy atom. The van der Waals surface area contributed by atoms with Gasteiger partial charge in [-0.2, -0.15) is 5.26 Å². The molecule has 1 atom stereocenters. The van der Waals surface area contributed by atoms with Crippen LogP contribution in [0.2, 0.25) is 0 Å². The highest BCUT2D eigenvalue weighted by atomic mass is 16.4. The molecule has 122 valence electrons. The number of carbonyl (C=O) groups excluding carboxylic acids is 1. The summed E-state index contributed by atoms with van der Waals surface area (Å²) in [6.45, 7) is 1.37. The molecule has 0 aromatic heterocycles. The summed E-state index contributed by atoms with van der Waals surface area (Å²) >= 11 is 0. The van der Waals surface area contributed by atoms with Crippen molar-refractivity contribution >= 4 is 11.9 Å². The van der Waals surface area contributed by atoms with E-state index in [2.05, 4.69) is 6.07 Å². The summed E-state index contributed by atoms with van der Waals surface area (Å²) in [4.78, 5) is 24.7. The molecule has 1 aromatic carbocycles. The number of hydrogen-bond donors (Lipinski definition) is 1. The lowest BCUT2D eigenvalue weighted by atomic mass is 9.99. The van der Waals surface area contributed by atoms with Crippen LogP contribution in [0.15, 0.2) is 24.3 Å². The summed E-state index contributed by atoms with van der Waals surface area (Å²) in [5, 5.41) is 17.4. The number of rotatable bonds is 8. The number of carbonyl (C=O) groups is 2. The van der Waals surface area contributed by atoms with Gasteiger partial charge in [-0.05, 0) is 37.0 Å². The molecule has 0 aliphatic carbocycles. The van der Waals surface area contributed by atoms with Gasteiger partial charge in [0, 0.05) is 25.4 Å². The quantitative estimate of drug-likeness (QED) is 0.748. The van der Waals surface area contributed by atoms with E-state index < -0.39 is 5.97 Å². The molecule has 5 heteroatoms. The van der Waals surface area contributed by atoms with Gasteiger partial charge in [-0.1, -0.05) is 25.0 Å². The average molecular weight is 314 g/mol. The van der Waals surface area contributed by atoms with E-state index in [4.69, 9.17) is 10.4 Å². The molecule has 0 saturated carbocycles. The van der Waals surface area contributed by atoms with E-state index in [0.29, 0.717) is 18.5 Å². The molecule has 2 rings (SSSR count). The van der Waals surface area contributed by atoms with Crippen molar-refractivity contribution in [1.82, 2.24) is 4.90 Å². The maximum absolute atomic E-state index is 12.4. The second-order valence-electron chi connectivity index (χ2n) is 6.05. The lowest BCUT2D eigenvalue weighted by Crippen LogP contribution is -2.26. The monoisotopic (exact) mass is 314 g/mol. The van der Waals surface area contributed by atoms with Gasteiger partial charge in [0.15, 0.2) is 0 Å². The number of hydrogen-bond acceptors (Lipinski definition) is 3. The van der Waals surface area contributed by atoms with Crippen LogP contribution in [0, 0.1) is 17.2 Å². The first-order valence-electron chi connectivity index (χ1n) is 8.10. The number of aliphatic carboxylic acids is 1. The maximum atomic E-state index is 12.4. The molecule has 1 unspecified atom stereocenters.